The second-order valence-electron chi connectivity index (χ2n) is 2.15. The highest BCUT2D eigenvalue weighted by Gasteiger charge is 2.22. The number of hydrogen-bond acceptors (Lipinski definition) is 2. The van der Waals surface area contributed by atoms with Crippen molar-refractivity contribution in [1.82, 2.24) is 4.98 Å². The maximum absolute atomic E-state index is 13.0. The van der Waals surface area contributed by atoms with Gasteiger partial charge in [-0.3, -0.25) is 0 Å². The maximum atomic E-state index is 13.0. The number of rotatable bonds is 2. The molecule has 0 atom stereocenters. The largest absolute Gasteiger partial charge is 0.495 e. The van der Waals surface area contributed by atoms with Crippen molar-refractivity contribution in [2.24, 2.45) is 0 Å². The Labute approximate surface area is 80.9 Å². The predicted molar refractivity (Wildman–Crippen MR) is 43.4 cm³/mol. The number of nitrogens with zero attached hydrogens (tertiary/aromatic N) is 1. The molecule has 0 saturated heterocycles. The van der Waals surface area contributed by atoms with E-state index >= 15 is 0 Å². The Bertz CT molecular complexity index is 319. The zero-order valence-electron chi connectivity index (χ0n) is 6.52. The van der Waals surface area contributed by atoms with Gasteiger partial charge in [-0.15, -0.1) is 0 Å². The van der Waals surface area contributed by atoms with Crippen LogP contribution in [0.4, 0.5) is 13.2 Å². The van der Waals surface area contributed by atoms with Gasteiger partial charge in [0.2, 0.25) is 0 Å². The van der Waals surface area contributed by atoms with Crippen LogP contribution in [0.5, 0.6) is 5.75 Å². The van der Waals surface area contributed by atoms with Gasteiger partial charge in [-0.1, -0.05) is 0 Å². The van der Waals surface area contributed by atoms with Crippen molar-refractivity contribution < 1.29 is 17.9 Å². The smallest absolute Gasteiger partial charge is 0.270 e. The molecule has 0 bridgehead atoms. The highest BCUT2D eigenvalue weighted by Crippen LogP contribution is 2.33. The van der Waals surface area contributed by atoms with Crippen molar-refractivity contribution in [3.05, 3.63) is 22.2 Å². The van der Waals surface area contributed by atoms with Crippen molar-refractivity contribution in [2.75, 3.05) is 7.11 Å². The molecule has 0 unspecified atom stereocenters. The molecule has 72 valence electrons. The Balaban J connectivity index is 3.32. The van der Waals surface area contributed by atoms with Crippen LogP contribution >= 0.6 is 15.9 Å². The molecule has 6 heteroatoms. The van der Waals surface area contributed by atoms with Gasteiger partial charge in [0.25, 0.3) is 6.43 Å². The SMILES string of the molecule is COc1cnc(Br)c(F)c1C(F)F. The first-order chi connectivity index (χ1) is 6.07. The van der Waals surface area contributed by atoms with E-state index in [1.807, 2.05) is 0 Å². The zero-order chi connectivity index (χ0) is 10.0. The standard InChI is InChI=1S/C7H5BrF3NO/c1-13-3-2-12-6(8)5(9)4(3)7(10)11/h2,7H,1H3. The molecule has 13 heavy (non-hydrogen) atoms. The summed E-state index contributed by atoms with van der Waals surface area (Å²) in [6.07, 6.45) is -1.89. The van der Waals surface area contributed by atoms with Crippen molar-refractivity contribution in [3.8, 4) is 5.75 Å². The Hall–Kier alpha value is -0.780. The third-order valence-electron chi connectivity index (χ3n) is 1.42. The summed E-state index contributed by atoms with van der Waals surface area (Å²) in [6.45, 7) is 0. The molecule has 0 radical (unpaired) electrons. The Morgan fingerprint density at radius 1 is 1.54 bits per heavy atom. The lowest BCUT2D eigenvalue weighted by Gasteiger charge is -2.08. The van der Waals surface area contributed by atoms with E-state index in [0.717, 1.165) is 6.20 Å². The van der Waals surface area contributed by atoms with Gasteiger partial charge in [0.1, 0.15) is 10.4 Å². The minimum absolute atomic E-state index is 0.247. The lowest BCUT2D eigenvalue weighted by atomic mass is 10.2. The molecule has 0 saturated carbocycles. The van der Waals surface area contributed by atoms with Crippen LogP contribution in [0, 0.1) is 5.82 Å². The number of halogens is 4. The molecule has 1 heterocycles. The van der Waals surface area contributed by atoms with Crippen molar-refractivity contribution in [1.29, 1.82) is 0 Å². The van der Waals surface area contributed by atoms with Crippen LogP contribution in [-0.4, -0.2) is 12.1 Å². The summed E-state index contributed by atoms with van der Waals surface area (Å²) >= 11 is 2.70. The fourth-order valence-electron chi connectivity index (χ4n) is 0.827. The quantitative estimate of drug-likeness (QED) is 0.759. The summed E-state index contributed by atoms with van der Waals surface area (Å²) in [5, 5.41) is 0. The van der Waals surface area contributed by atoms with Gasteiger partial charge in [-0.05, 0) is 15.9 Å². The first kappa shape index (κ1) is 10.3. The molecule has 0 fully saturated rings. The minimum atomic E-state index is -2.92. The van der Waals surface area contributed by atoms with Crippen LogP contribution in [0.25, 0.3) is 0 Å². The fourth-order valence-corrected chi connectivity index (χ4v) is 1.14. The summed E-state index contributed by atoms with van der Waals surface area (Å²) in [6, 6.07) is 0. The van der Waals surface area contributed by atoms with Gasteiger partial charge in [-0.2, -0.15) is 0 Å². The maximum Gasteiger partial charge on any atom is 0.270 e. The van der Waals surface area contributed by atoms with Crippen LogP contribution in [0.3, 0.4) is 0 Å². The van der Waals surface area contributed by atoms with Crippen LogP contribution in [0.15, 0.2) is 10.8 Å². The molecule has 2 nitrogen and oxygen atoms in total. The molecule has 0 aliphatic carbocycles. The molecule has 0 aliphatic rings. The van der Waals surface area contributed by atoms with E-state index in [4.69, 9.17) is 0 Å². The van der Waals surface area contributed by atoms with E-state index in [0.29, 0.717) is 0 Å². The third kappa shape index (κ3) is 1.93. The zero-order valence-corrected chi connectivity index (χ0v) is 8.11. The average molecular weight is 256 g/mol. The summed E-state index contributed by atoms with van der Waals surface area (Å²) in [4.78, 5) is 3.48. The van der Waals surface area contributed by atoms with Crippen LogP contribution < -0.4 is 4.74 Å². The van der Waals surface area contributed by atoms with Gasteiger partial charge in [0, 0.05) is 0 Å². The molecule has 0 aromatic carbocycles. The Morgan fingerprint density at radius 2 is 2.15 bits per heavy atom. The summed E-state index contributed by atoms with van der Waals surface area (Å²) in [5.41, 5.74) is -0.774. The number of pyridine rings is 1. The molecule has 0 N–H and O–H groups in total. The van der Waals surface area contributed by atoms with Gasteiger partial charge < -0.3 is 4.74 Å². The van der Waals surface area contributed by atoms with E-state index in [2.05, 4.69) is 25.7 Å². The van der Waals surface area contributed by atoms with E-state index in [-0.39, 0.29) is 10.4 Å². The van der Waals surface area contributed by atoms with Crippen LogP contribution in [-0.2, 0) is 0 Å². The molecule has 0 amide bonds. The third-order valence-corrected chi connectivity index (χ3v) is 1.97. The van der Waals surface area contributed by atoms with Crippen LogP contribution in [0.1, 0.15) is 12.0 Å². The number of ether oxygens (including phenoxy) is 1. The second-order valence-corrected chi connectivity index (χ2v) is 2.90. The monoisotopic (exact) mass is 255 g/mol. The molecular weight excluding hydrogens is 251 g/mol. The molecular formula is C7H5BrF3NO. The normalized spacial score (nSPS) is 10.6. The molecule has 1 rings (SSSR count). The van der Waals surface area contributed by atoms with Gasteiger partial charge in [-0.25, -0.2) is 18.2 Å². The number of aromatic nitrogens is 1. The molecule has 0 aliphatic heterocycles. The number of hydrogen-bond donors (Lipinski definition) is 0. The number of alkyl halides is 2. The van der Waals surface area contributed by atoms with E-state index in [1.54, 1.807) is 0 Å². The summed E-state index contributed by atoms with van der Waals surface area (Å²) in [5.74, 6) is -1.34. The Kier molecular flexibility index (Phi) is 3.13. The lowest BCUT2D eigenvalue weighted by molar-refractivity contribution is 0.141. The highest BCUT2D eigenvalue weighted by atomic mass is 79.9. The minimum Gasteiger partial charge on any atom is -0.495 e. The number of methoxy groups -OCH3 is 1. The highest BCUT2D eigenvalue weighted by molar-refractivity contribution is 9.10. The second kappa shape index (κ2) is 3.95. The summed E-state index contributed by atoms with van der Waals surface area (Å²) < 4.78 is 41.9. The van der Waals surface area contributed by atoms with Gasteiger partial charge >= 0.3 is 0 Å². The van der Waals surface area contributed by atoms with Gasteiger partial charge in [0.05, 0.1) is 18.9 Å². The first-order valence-corrected chi connectivity index (χ1v) is 4.03. The first-order valence-electron chi connectivity index (χ1n) is 3.24. The van der Waals surface area contributed by atoms with E-state index < -0.39 is 17.8 Å². The lowest BCUT2D eigenvalue weighted by Crippen LogP contribution is -1.99. The average Bonchev–Trinajstić information content (AvgIpc) is 2.08. The van der Waals surface area contributed by atoms with Crippen molar-refractivity contribution in [2.45, 2.75) is 6.43 Å². The molecule has 1 aromatic heterocycles. The van der Waals surface area contributed by atoms with Crippen molar-refractivity contribution >= 4 is 15.9 Å². The van der Waals surface area contributed by atoms with Crippen LogP contribution in [0.2, 0.25) is 0 Å². The van der Waals surface area contributed by atoms with E-state index in [1.165, 1.54) is 7.11 Å². The summed E-state index contributed by atoms with van der Waals surface area (Å²) in [7, 11) is 1.18. The fraction of sp³-hybridized carbons (Fsp3) is 0.286. The predicted octanol–water partition coefficient (Wildman–Crippen LogP) is 2.93. The molecule has 1 aromatic rings. The van der Waals surface area contributed by atoms with E-state index in [9.17, 15) is 13.2 Å². The van der Waals surface area contributed by atoms with Crippen molar-refractivity contribution in [3.63, 3.8) is 0 Å². The Morgan fingerprint density at radius 3 is 2.62 bits per heavy atom. The topological polar surface area (TPSA) is 22.1 Å². The van der Waals surface area contributed by atoms with Gasteiger partial charge in [0.15, 0.2) is 5.82 Å². The molecule has 0 spiro atoms.